The second-order valence-electron chi connectivity index (χ2n) is 8.80. The summed E-state index contributed by atoms with van der Waals surface area (Å²) in [5.41, 5.74) is 4.28. The van der Waals surface area contributed by atoms with E-state index >= 15 is 0 Å². The molecule has 0 amide bonds. The van der Waals surface area contributed by atoms with Crippen LogP contribution in [0.4, 0.5) is 0 Å². The maximum Gasteiger partial charge on any atom is 0.165 e. The van der Waals surface area contributed by atoms with E-state index in [1.54, 1.807) is 6.33 Å². The second kappa shape index (κ2) is 8.23. The molecule has 0 radical (unpaired) electrons. The van der Waals surface area contributed by atoms with Gasteiger partial charge in [-0.15, -0.1) is 0 Å². The van der Waals surface area contributed by atoms with Gasteiger partial charge in [-0.25, -0.2) is 9.97 Å². The van der Waals surface area contributed by atoms with Gasteiger partial charge in [-0.1, -0.05) is 49.4 Å². The average Bonchev–Trinajstić information content (AvgIpc) is 2.85. The number of Topliss-reactive ketones (excluding diaryl/α,β-unsaturated/α-hetero) is 1. The molecule has 5 heteroatoms. The van der Waals surface area contributed by atoms with Crippen LogP contribution in [0.15, 0.2) is 79.0 Å². The Bertz CT molecular complexity index is 1160. The number of hydrogen-bond donors (Lipinski definition) is 1. The summed E-state index contributed by atoms with van der Waals surface area (Å²) in [6, 6.07) is 18.2. The maximum atomic E-state index is 12.9. The van der Waals surface area contributed by atoms with E-state index in [-0.39, 0.29) is 17.6 Å². The van der Waals surface area contributed by atoms with Crippen LogP contribution in [-0.2, 0) is 23.2 Å². The molecular weight excluding hydrogens is 400 g/mol. The number of ether oxygens (including phenoxy) is 1. The Morgan fingerprint density at radius 2 is 1.94 bits per heavy atom. The van der Waals surface area contributed by atoms with Gasteiger partial charge in [0.15, 0.2) is 5.78 Å². The summed E-state index contributed by atoms with van der Waals surface area (Å²) in [6.07, 6.45) is 6.65. The smallest absolute Gasteiger partial charge is 0.165 e. The van der Waals surface area contributed by atoms with E-state index in [1.165, 1.54) is 0 Å². The summed E-state index contributed by atoms with van der Waals surface area (Å²) in [4.78, 5) is 21.8. The highest BCUT2D eigenvalue weighted by molar-refractivity contribution is 5.98. The number of ketones is 1. The zero-order chi connectivity index (χ0) is 22.1. The topological polar surface area (TPSA) is 72.3 Å². The van der Waals surface area contributed by atoms with Crippen molar-refractivity contribution in [3.8, 4) is 5.75 Å². The molecule has 0 saturated heterocycles. The normalized spacial score (nSPS) is 25.8. The highest BCUT2D eigenvalue weighted by Gasteiger charge is 2.54. The lowest BCUT2D eigenvalue weighted by Gasteiger charge is -2.50. The maximum absolute atomic E-state index is 12.9. The summed E-state index contributed by atoms with van der Waals surface area (Å²) in [6.45, 7) is 2.49. The fourth-order valence-electron chi connectivity index (χ4n) is 5.58. The molecule has 5 rings (SSSR count). The van der Waals surface area contributed by atoms with Crippen LogP contribution in [0, 0.1) is 11.8 Å². The first-order valence-electron chi connectivity index (χ1n) is 11.1. The zero-order valence-electron chi connectivity index (χ0n) is 18.1. The molecule has 2 aromatic carbocycles. The van der Waals surface area contributed by atoms with E-state index in [4.69, 9.17) is 9.72 Å². The summed E-state index contributed by atoms with van der Waals surface area (Å²) in [7, 11) is 0. The van der Waals surface area contributed by atoms with Gasteiger partial charge in [0, 0.05) is 23.1 Å². The van der Waals surface area contributed by atoms with E-state index in [9.17, 15) is 9.90 Å². The Balaban J connectivity index is 1.54. The lowest BCUT2D eigenvalue weighted by atomic mass is 9.52. The second-order valence-corrected chi connectivity index (χ2v) is 8.80. The molecule has 1 saturated carbocycles. The quantitative estimate of drug-likeness (QED) is 0.472. The Morgan fingerprint density at radius 3 is 2.69 bits per heavy atom. The Morgan fingerprint density at radius 1 is 1.16 bits per heavy atom. The van der Waals surface area contributed by atoms with Crippen LogP contribution >= 0.6 is 0 Å². The summed E-state index contributed by atoms with van der Waals surface area (Å²) in [5, 5.41) is 9.87. The van der Waals surface area contributed by atoms with Gasteiger partial charge in [-0.3, -0.25) is 4.79 Å². The third kappa shape index (κ3) is 3.29. The molecule has 2 aliphatic carbocycles. The number of benzene rings is 2. The lowest BCUT2D eigenvalue weighted by Crippen LogP contribution is -2.50. The first-order valence-corrected chi connectivity index (χ1v) is 11.1. The monoisotopic (exact) mass is 426 g/mol. The number of aryl methyl sites for hydroxylation is 1. The predicted molar refractivity (Wildman–Crippen MR) is 121 cm³/mol. The van der Waals surface area contributed by atoms with Gasteiger partial charge in [0.05, 0.1) is 12.0 Å². The molecule has 0 bridgehead atoms. The van der Waals surface area contributed by atoms with Gasteiger partial charge in [0.2, 0.25) is 0 Å². The average molecular weight is 427 g/mol. The van der Waals surface area contributed by atoms with Crippen molar-refractivity contribution in [1.82, 2.24) is 9.97 Å². The SMILES string of the molecule is C[C@@H]1C(=O)/C(=C\O)C[C@]2(c3ccc(OCc4ccccc4)cc3)c3ncncc3CC[C@@H]12. The molecule has 2 aliphatic rings. The number of hydrogen-bond acceptors (Lipinski definition) is 5. The third-order valence-corrected chi connectivity index (χ3v) is 7.14. The fraction of sp³-hybridized carbons (Fsp3) is 0.296. The van der Waals surface area contributed by atoms with E-state index in [0.717, 1.165) is 47.2 Å². The number of aliphatic hydroxyl groups is 1. The summed E-state index contributed by atoms with van der Waals surface area (Å²) < 4.78 is 5.99. The largest absolute Gasteiger partial charge is 0.515 e. The van der Waals surface area contributed by atoms with Gasteiger partial charge in [-0.2, -0.15) is 0 Å². The molecule has 0 aliphatic heterocycles. The predicted octanol–water partition coefficient (Wildman–Crippen LogP) is 4.95. The highest BCUT2D eigenvalue weighted by atomic mass is 16.5. The molecule has 1 aromatic heterocycles. The molecule has 3 aromatic rings. The number of nitrogens with zero attached hydrogens (tertiary/aromatic N) is 2. The van der Waals surface area contributed by atoms with Crippen molar-refractivity contribution in [2.45, 2.75) is 38.2 Å². The fourth-order valence-corrected chi connectivity index (χ4v) is 5.58. The number of carbonyl (C=O) groups excluding carboxylic acids is 1. The van der Waals surface area contributed by atoms with E-state index in [2.05, 4.69) is 17.1 Å². The van der Waals surface area contributed by atoms with Crippen molar-refractivity contribution in [2.24, 2.45) is 11.8 Å². The first-order chi connectivity index (χ1) is 15.6. The molecule has 162 valence electrons. The van der Waals surface area contributed by atoms with E-state index < -0.39 is 5.41 Å². The van der Waals surface area contributed by atoms with E-state index in [1.807, 2.05) is 55.6 Å². The van der Waals surface area contributed by atoms with Crippen molar-refractivity contribution < 1.29 is 14.6 Å². The third-order valence-electron chi connectivity index (χ3n) is 7.14. The molecule has 1 fully saturated rings. The highest BCUT2D eigenvalue weighted by Crippen LogP contribution is 2.55. The van der Waals surface area contributed by atoms with Crippen LogP contribution < -0.4 is 4.74 Å². The number of rotatable bonds is 4. The molecule has 32 heavy (non-hydrogen) atoms. The molecule has 0 unspecified atom stereocenters. The zero-order valence-corrected chi connectivity index (χ0v) is 18.1. The minimum Gasteiger partial charge on any atom is -0.515 e. The Labute approximate surface area is 187 Å². The van der Waals surface area contributed by atoms with Gasteiger partial charge in [-0.05, 0) is 54.0 Å². The van der Waals surface area contributed by atoms with Gasteiger partial charge in [0.1, 0.15) is 18.7 Å². The molecule has 5 nitrogen and oxygen atoms in total. The van der Waals surface area contributed by atoms with E-state index in [0.29, 0.717) is 18.6 Å². The van der Waals surface area contributed by atoms with Crippen molar-refractivity contribution in [3.05, 3.63) is 101 Å². The van der Waals surface area contributed by atoms with Crippen LogP contribution in [0.25, 0.3) is 0 Å². The van der Waals surface area contributed by atoms with Gasteiger partial charge < -0.3 is 9.84 Å². The lowest BCUT2D eigenvalue weighted by molar-refractivity contribution is -0.123. The van der Waals surface area contributed by atoms with Crippen LogP contribution in [0.5, 0.6) is 5.75 Å². The molecule has 1 N–H and O–H groups in total. The molecular formula is C27H26N2O3. The Kier molecular flexibility index (Phi) is 5.25. The number of aromatic nitrogens is 2. The van der Waals surface area contributed by atoms with Crippen molar-refractivity contribution in [2.75, 3.05) is 0 Å². The minimum absolute atomic E-state index is 0.0356. The van der Waals surface area contributed by atoms with Crippen molar-refractivity contribution in [1.29, 1.82) is 0 Å². The summed E-state index contributed by atoms with van der Waals surface area (Å²) in [5.74, 6) is 0.743. The van der Waals surface area contributed by atoms with Crippen LogP contribution in [0.1, 0.15) is 42.1 Å². The number of carbonyl (C=O) groups is 1. The van der Waals surface area contributed by atoms with Crippen LogP contribution in [-0.4, -0.2) is 20.9 Å². The Hall–Kier alpha value is -3.47. The summed E-state index contributed by atoms with van der Waals surface area (Å²) >= 11 is 0. The number of allylic oxidation sites excluding steroid dienone is 1. The van der Waals surface area contributed by atoms with Gasteiger partial charge >= 0.3 is 0 Å². The van der Waals surface area contributed by atoms with Crippen LogP contribution in [0.2, 0.25) is 0 Å². The molecule has 3 atom stereocenters. The number of aliphatic hydroxyl groups excluding tert-OH is 1. The molecule has 0 spiro atoms. The van der Waals surface area contributed by atoms with Gasteiger partial charge in [0.25, 0.3) is 0 Å². The van der Waals surface area contributed by atoms with Crippen molar-refractivity contribution >= 4 is 5.78 Å². The number of fused-ring (bicyclic) bond motifs is 3. The van der Waals surface area contributed by atoms with Crippen LogP contribution in [0.3, 0.4) is 0 Å². The first kappa shape index (κ1) is 20.4. The minimum atomic E-state index is -0.476. The molecule has 1 heterocycles. The standard InChI is InChI=1S/C27H26N2O3/c1-18-24-12-7-20-14-28-17-29-26(20)27(24,13-21(15-30)25(18)31)22-8-10-23(11-9-22)32-16-19-5-3-2-4-6-19/h2-6,8-11,14-15,17-18,24,30H,7,12-13,16H2,1H3/b21-15-/t18-,24-,27+/m0/s1. The van der Waals surface area contributed by atoms with Crippen molar-refractivity contribution in [3.63, 3.8) is 0 Å².